The molecule has 2 rings (SSSR count). The summed E-state index contributed by atoms with van der Waals surface area (Å²) in [5.74, 6) is 2.76. The molecule has 2 heterocycles. The Morgan fingerprint density at radius 2 is 2.00 bits per heavy atom. The zero-order chi connectivity index (χ0) is 17.7. The van der Waals surface area contributed by atoms with E-state index < -0.39 is 0 Å². The van der Waals surface area contributed by atoms with Gasteiger partial charge in [-0.25, -0.2) is 0 Å². The second kappa shape index (κ2) is 8.17. The molecular formula is C19H33N3O2. The monoisotopic (exact) mass is 335 g/mol. The van der Waals surface area contributed by atoms with Gasteiger partial charge in [-0.2, -0.15) is 0 Å². The van der Waals surface area contributed by atoms with Crippen molar-refractivity contribution in [2.75, 3.05) is 26.2 Å². The summed E-state index contributed by atoms with van der Waals surface area (Å²) in [6.45, 7) is 13.7. The van der Waals surface area contributed by atoms with Crippen LogP contribution in [0.25, 0.3) is 0 Å². The lowest BCUT2D eigenvalue weighted by molar-refractivity contribution is -0.124. The van der Waals surface area contributed by atoms with Crippen molar-refractivity contribution in [3.63, 3.8) is 0 Å². The van der Waals surface area contributed by atoms with Gasteiger partial charge in [-0.3, -0.25) is 9.69 Å². The molecule has 136 valence electrons. The maximum atomic E-state index is 12.0. The fourth-order valence-electron chi connectivity index (χ4n) is 3.14. The molecule has 1 aliphatic rings. The van der Waals surface area contributed by atoms with Crippen LogP contribution in [0.1, 0.15) is 58.1 Å². The fourth-order valence-corrected chi connectivity index (χ4v) is 3.14. The van der Waals surface area contributed by atoms with E-state index in [-0.39, 0.29) is 17.5 Å². The second-order valence-electron chi connectivity index (χ2n) is 8.10. The Balaban J connectivity index is 1.66. The average Bonchev–Trinajstić information content (AvgIpc) is 2.91. The van der Waals surface area contributed by atoms with Gasteiger partial charge in [0.05, 0.1) is 12.6 Å². The first-order chi connectivity index (χ1) is 11.2. The SMILES string of the molecule is Cc1ccc(C(C)NCC2CCN(CC(=O)NC(C)(C)C)CC2)o1. The number of amides is 1. The number of hydrogen-bond donors (Lipinski definition) is 2. The summed E-state index contributed by atoms with van der Waals surface area (Å²) in [6, 6.07) is 4.30. The van der Waals surface area contributed by atoms with Crippen LogP contribution in [-0.4, -0.2) is 42.5 Å². The lowest BCUT2D eigenvalue weighted by Gasteiger charge is -2.33. The Morgan fingerprint density at radius 3 is 2.54 bits per heavy atom. The molecule has 0 spiro atoms. The van der Waals surface area contributed by atoms with Crippen molar-refractivity contribution >= 4 is 5.91 Å². The molecule has 1 saturated heterocycles. The van der Waals surface area contributed by atoms with Crippen LogP contribution in [0.3, 0.4) is 0 Å². The Kier molecular flexibility index (Phi) is 6.47. The van der Waals surface area contributed by atoms with E-state index in [4.69, 9.17) is 4.42 Å². The largest absolute Gasteiger partial charge is 0.465 e. The number of carbonyl (C=O) groups is 1. The molecule has 0 aliphatic carbocycles. The van der Waals surface area contributed by atoms with Gasteiger partial charge < -0.3 is 15.1 Å². The summed E-state index contributed by atoms with van der Waals surface area (Å²) in [6.07, 6.45) is 2.28. The quantitative estimate of drug-likeness (QED) is 0.839. The molecule has 0 saturated carbocycles. The van der Waals surface area contributed by atoms with Gasteiger partial charge in [0.15, 0.2) is 0 Å². The van der Waals surface area contributed by atoms with Crippen molar-refractivity contribution in [2.45, 2.75) is 59.0 Å². The fraction of sp³-hybridized carbons (Fsp3) is 0.737. The topological polar surface area (TPSA) is 57.5 Å². The zero-order valence-electron chi connectivity index (χ0n) is 15.8. The van der Waals surface area contributed by atoms with Gasteiger partial charge in [0.2, 0.25) is 5.91 Å². The van der Waals surface area contributed by atoms with E-state index in [1.807, 2.05) is 39.8 Å². The van der Waals surface area contributed by atoms with E-state index in [1.54, 1.807) is 0 Å². The van der Waals surface area contributed by atoms with Gasteiger partial charge in [0.1, 0.15) is 11.5 Å². The molecule has 5 nitrogen and oxygen atoms in total. The van der Waals surface area contributed by atoms with E-state index in [1.165, 1.54) is 0 Å². The van der Waals surface area contributed by atoms with Crippen molar-refractivity contribution in [2.24, 2.45) is 5.92 Å². The summed E-state index contributed by atoms with van der Waals surface area (Å²) in [5.41, 5.74) is -0.153. The van der Waals surface area contributed by atoms with Gasteiger partial charge in [0.25, 0.3) is 0 Å². The molecular weight excluding hydrogens is 302 g/mol. The zero-order valence-corrected chi connectivity index (χ0v) is 15.8. The van der Waals surface area contributed by atoms with Gasteiger partial charge >= 0.3 is 0 Å². The van der Waals surface area contributed by atoms with Crippen LogP contribution >= 0.6 is 0 Å². The molecule has 1 aromatic rings. The van der Waals surface area contributed by atoms with Gasteiger partial charge in [0, 0.05) is 5.54 Å². The van der Waals surface area contributed by atoms with E-state index in [0.29, 0.717) is 12.5 Å². The molecule has 1 atom stereocenters. The van der Waals surface area contributed by atoms with Crippen LogP contribution in [0.4, 0.5) is 0 Å². The van der Waals surface area contributed by atoms with Crippen LogP contribution in [0.5, 0.6) is 0 Å². The predicted octanol–water partition coefficient (Wildman–Crippen LogP) is 2.87. The van der Waals surface area contributed by atoms with E-state index in [2.05, 4.69) is 22.5 Å². The molecule has 1 aliphatic heterocycles. The first-order valence-corrected chi connectivity index (χ1v) is 9.06. The molecule has 1 aromatic heterocycles. The first-order valence-electron chi connectivity index (χ1n) is 9.06. The summed E-state index contributed by atoms with van der Waals surface area (Å²) < 4.78 is 5.67. The highest BCUT2D eigenvalue weighted by Crippen LogP contribution is 2.19. The van der Waals surface area contributed by atoms with Crippen LogP contribution in [0.15, 0.2) is 16.5 Å². The predicted molar refractivity (Wildman–Crippen MR) is 96.9 cm³/mol. The first kappa shape index (κ1) is 19.0. The normalized spacial score (nSPS) is 18.5. The van der Waals surface area contributed by atoms with E-state index in [9.17, 15) is 4.79 Å². The van der Waals surface area contributed by atoms with Crippen molar-refractivity contribution < 1.29 is 9.21 Å². The lowest BCUT2D eigenvalue weighted by atomic mass is 9.96. The third kappa shape index (κ3) is 6.29. The average molecular weight is 335 g/mol. The van der Waals surface area contributed by atoms with Crippen molar-refractivity contribution in [1.82, 2.24) is 15.5 Å². The van der Waals surface area contributed by atoms with Crippen LogP contribution in [0.2, 0.25) is 0 Å². The summed E-state index contributed by atoms with van der Waals surface area (Å²) >= 11 is 0. The van der Waals surface area contributed by atoms with E-state index >= 15 is 0 Å². The molecule has 1 fully saturated rings. The Bertz CT molecular complexity index is 525. The molecule has 2 N–H and O–H groups in total. The van der Waals surface area contributed by atoms with Crippen LogP contribution < -0.4 is 10.6 Å². The number of piperidine rings is 1. The third-order valence-electron chi connectivity index (χ3n) is 4.49. The van der Waals surface area contributed by atoms with E-state index in [0.717, 1.165) is 44.0 Å². The minimum Gasteiger partial charge on any atom is -0.465 e. The number of aryl methyl sites for hydroxylation is 1. The maximum absolute atomic E-state index is 12.0. The van der Waals surface area contributed by atoms with Gasteiger partial charge in [-0.1, -0.05) is 0 Å². The van der Waals surface area contributed by atoms with Crippen molar-refractivity contribution in [3.05, 3.63) is 23.7 Å². The highest BCUT2D eigenvalue weighted by atomic mass is 16.3. The molecule has 1 unspecified atom stereocenters. The third-order valence-corrected chi connectivity index (χ3v) is 4.49. The summed E-state index contributed by atoms with van der Waals surface area (Å²) in [7, 11) is 0. The van der Waals surface area contributed by atoms with Crippen LogP contribution in [0, 0.1) is 12.8 Å². The highest BCUT2D eigenvalue weighted by Gasteiger charge is 2.23. The standard InChI is InChI=1S/C19H33N3O2/c1-14-6-7-17(24-14)15(2)20-12-16-8-10-22(11-9-16)13-18(23)21-19(3,4)5/h6-7,15-16,20H,8-13H2,1-5H3,(H,21,23). The maximum Gasteiger partial charge on any atom is 0.234 e. The number of carbonyl (C=O) groups excluding carboxylic acids is 1. The van der Waals surface area contributed by atoms with Gasteiger partial charge in [-0.05, 0) is 85.1 Å². The molecule has 0 bridgehead atoms. The molecule has 0 aromatic carbocycles. The number of nitrogens with zero attached hydrogens (tertiary/aromatic N) is 1. The highest BCUT2D eigenvalue weighted by molar-refractivity contribution is 5.78. The van der Waals surface area contributed by atoms with Crippen molar-refractivity contribution in [1.29, 1.82) is 0 Å². The molecule has 24 heavy (non-hydrogen) atoms. The van der Waals surface area contributed by atoms with Crippen molar-refractivity contribution in [3.8, 4) is 0 Å². The second-order valence-corrected chi connectivity index (χ2v) is 8.10. The number of rotatable bonds is 6. The number of hydrogen-bond acceptors (Lipinski definition) is 4. The lowest BCUT2D eigenvalue weighted by Crippen LogP contribution is -2.48. The molecule has 0 radical (unpaired) electrons. The number of likely N-dealkylation sites (tertiary alicyclic amines) is 1. The number of nitrogens with one attached hydrogen (secondary N) is 2. The van der Waals surface area contributed by atoms with Crippen LogP contribution in [-0.2, 0) is 4.79 Å². The Hall–Kier alpha value is -1.33. The summed E-state index contributed by atoms with van der Waals surface area (Å²) in [5, 5.41) is 6.61. The minimum atomic E-state index is -0.153. The Labute approximate surface area is 146 Å². The summed E-state index contributed by atoms with van der Waals surface area (Å²) in [4.78, 5) is 14.3. The molecule has 5 heteroatoms. The van der Waals surface area contributed by atoms with Gasteiger partial charge in [-0.15, -0.1) is 0 Å². The number of furan rings is 1. The molecule has 1 amide bonds. The minimum absolute atomic E-state index is 0.126. The smallest absolute Gasteiger partial charge is 0.234 e. The Morgan fingerprint density at radius 1 is 1.33 bits per heavy atom.